The van der Waals surface area contributed by atoms with Crippen molar-refractivity contribution in [2.75, 3.05) is 25.0 Å². The number of nitrogens with zero attached hydrogens (tertiary/aromatic N) is 3. The third-order valence-electron chi connectivity index (χ3n) is 3.18. The summed E-state index contributed by atoms with van der Waals surface area (Å²) in [5, 5.41) is 9.22. The molecule has 0 aliphatic carbocycles. The SMILES string of the molecule is CC(C)(C)OC(=O)N1CCN(S(=O)(=O)[C@@H](Br)CBr)[C@@H](CC#N)C1. The summed E-state index contributed by atoms with van der Waals surface area (Å²) in [5.74, 6) is 0. The zero-order chi connectivity index (χ0) is 17.8. The summed E-state index contributed by atoms with van der Waals surface area (Å²) in [6.07, 6.45) is -0.478. The largest absolute Gasteiger partial charge is 0.444 e. The van der Waals surface area contributed by atoms with Crippen LogP contribution in [0.2, 0.25) is 0 Å². The summed E-state index contributed by atoms with van der Waals surface area (Å²) in [5.41, 5.74) is -0.623. The lowest BCUT2D eigenvalue weighted by Gasteiger charge is -2.40. The average molecular weight is 475 g/mol. The van der Waals surface area contributed by atoms with Crippen LogP contribution in [0.1, 0.15) is 27.2 Å². The average Bonchev–Trinajstić information content (AvgIpc) is 2.44. The minimum absolute atomic E-state index is 0.0144. The Morgan fingerprint density at radius 2 is 2.04 bits per heavy atom. The molecule has 0 radical (unpaired) electrons. The lowest BCUT2D eigenvalue weighted by Crippen LogP contribution is -2.58. The van der Waals surface area contributed by atoms with E-state index in [0.717, 1.165) is 0 Å². The first-order valence-corrected chi connectivity index (χ1v) is 10.6. The highest BCUT2D eigenvalue weighted by molar-refractivity contribution is 9.13. The number of hydrogen-bond acceptors (Lipinski definition) is 5. The predicted molar refractivity (Wildman–Crippen MR) is 94.0 cm³/mol. The zero-order valence-electron chi connectivity index (χ0n) is 13.3. The normalized spacial score (nSPS) is 21.6. The van der Waals surface area contributed by atoms with Crippen LogP contribution in [-0.4, -0.2) is 64.5 Å². The molecule has 0 unspecified atom stereocenters. The number of hydrogen-bond donors (Lipinski definition) is 0. The van der Waals surface area contributed by atoms with Crippen LogP contribution in [-0.2, 0) is 14.8 Å². The van der Waals surface area contributed by atoms with E-state index in [1.54, 1.807) is 20.8 Å². The van der Waals surface area contributed by atoms with Crippen LogP contribution in [0.15, 0.2) is 0 Å². The van der Waals surface area contributed by atoms with Gasteiger partial charge in [0.25, 0.3) is 0 Å². The Kier molecular flexibility index (Phi) is 7.32. The van der Waals surface area contributed by atoms with Crippen molar-refractivity contribution in [1.29, 1.82) is 5.26 Å². The molecule has 1 amide bonds. The fraction of sp³-hybridized carbons (Fsp3) is 0.846. The van der Waals surface area contributed by atoms with E-state index in [1.165, 1.54) is 9.21 Å². The summed E-state index contributed by atoms with van der Waals surface area (Å²) < 4.78 is 30.9. The molecule has 132 valence electrons. The number of amides is 1. The smallest absolute Gasteiger partial charge is 0.410 e. The van der Waals surface area contributed by atoms with Crippen molar-refractivity contribution in [2.45, 2.75) is 43.0 Å². The Labute approximate surface area is 154 Å². The van der Waals surface area contributed by atoms with Crippen LogP contribution in [0.4, 0.5) is 4.79 Å². The first kappa shape index (κ1) is 20.7. The maximum absolute atomic E-state index is 12.5. The molecule has 1 heterocycles. The molecule has 10 heteroatoms. The van der Waals surface area contributed by atoms with Crippen molar-refractivity contribution < 1.29 is 17.9 Å². The van der Waals surface area contributed by atoms with Crippen LogP contribution < -0.4 is 0 Å². The van der Waals surface area contributed by atoms with Gasteiger partial charge in [0.15, 0.2) is 0 Å². The Balaban J connectivity index is 2.91. The highest BCUT2D eigenvalue weighted by Crippen LogP contribution is 2.24. The van der Waals surface area contributed by atoms with Crippen LogP contribution in [0.3, 0.4) is 0 Å². The van der Waals surface area contributed by atoms with Gasteiger partial charge in [0.2, 0.25) is 10.0 Å². The Morgan fingerprint density at radius 3 is 2.52 bits per heavy atom. The van der Waals surface area contributed by atoms with Gasteiger partial charge in [-0.15, -0.1) is 0 Å². The summed E-state index contributed by atoms with van der Waals surface area (Å²) in [7, 11) is -3.59. The second kappa shape index (κ2) is 8.14. The Bertz CT molecular complexity index is 571. The molecule has 1 aliphatic heterocycles. The molecule has 1 saturated heterocycles. The van der Waals surface area contributed by atoms with E-state index in [2.05, 4.69) is 31.9 Å². The predicted octanol–water partition coefficient (Wildman–Crippen LogP) is 2.27. The second-order valence-electron chi connectivity index (χ2n) is 6.16. The summed E-state index contributed by atoms with van der Waals surface area (Å²) in [6, 6.07) is 1.41. The number of rotatable bonds is 4. The number of ether oxygens (including phenoxy) is 1. The number of alkyl halides is 2. The highest BCUT2D eigenvalue weighted by Gasteiger charge is 2.40. The third kappa shape index (κ3) is 5.59. The van der Waals surface area contributed by atoms with Gasteiger partial charge < -0.3 is 9.64 Å². The fourth-order valence-electron chi connectivity index (χ4n) is 2.16. The van der Waals surface area contributed by atoms with Gasteiger partial charge in [0, 0.05) is 25.0 Å². The maximum Gasteiger partial charge on any atom is 0.410 e. The Morgan fingerprint density at radius 1 is 1.43 bits per heavy atom. The van der Waals surface area contributed by atoms with Gasteiger partial charge in [0.1, 0.15) is 9.76 Å². The van der Waals surface area contributed by atoms with Gasteiger partial charge in [-0.2, -0.15) is 9.57 Å². The van der Waals surface area contributed by atoms with Crippen LogP contribution in [0.5, 0.6) is 0 Å². The van der Waals surface area contributed by atoms with Crippen LogP contribution in [0, 0.1) is 11.3 Å². The van der Waals surface area contributed by atoms with Gasteiger partial charge in [-0.25, -0.2) is 13.2 Å². The molecule has 23 heavy (non-hydrogen) atoms. The van der Waals surface area contributed by atoms with Crippen LogP contribution in [0.25, 0.3) is 0 Å². The first-order valence-electron chi connectivity index (χ1n) is 7.08. The molecule has 0 N–H and O–H groups in total. The van der Waals surface area contributed by atoms with Crippen molar-refractivity contribution in [3.63, 3.8) is 0 Å². The molecule has 0 aromatic carbocycles. The van der Waals surface area contributed by atoms with Crippen molar-refractivity contribution in [3.8, 4) is 6.07 Å². The second-order valence-corrected chi connectivity index (χ2v) is 10.6. The monoisotopic (exact) mass is 473 g/mol. The van der Waals surface area contributed by atoms with E-state index in [9.17, 15) is 13.2 Å². The summed E-state index contributed by atoms with van der Waals surface area (Å²) in [6.45, 7) is 5.82. The molecular weight excluding hydrogens is 454 g/mol. The molecule has 1 fully saturated rings. The standard InChI is InChI=1S/C13H21Br2N3O4S/c1-13(2,3)22-12(19)17-6-7-18(10(9-17)4-5-16)23(20,21)11(15)8-14/h10-11H,4,6-9H2,1-3H3/t10-,11+/m0/s1. The highest BCUT2D eigenvalue weighted by atomic mass is 79.9. The third-order valence-corrected chi connectivity index (χ3v) is 8.81. The number of sulfonamides is 1. The molecule has 0 spiro atoms. The molecule has 0 bridgehead atoms. The number of carbonyl (C=O) groups is 1. The van der Waals surface area contributed by atoms with Gasteiger partial charge in [-0.05, 0) is 20.8 Å². The number of nitriles is 1. The number of carbonyl (C=O) groups excluding carboxylic acids is 1. The van der Waals surface area contributed by atoms with Crippen LogP contribution >= 0.6 is 31.9 Å². The number of piperazine rings is 1. The van der Waals surface area contributed by atoms with E-state index in [1.807, 2.05) is 6.07 Å². The quantitative estimate of drug-likeness (QED) is 0.583. The topological polar surface area (TPSA) is 90.7 Å². The summed E-state index contributed by atoms with van der Waals surface area (Å²) >= 11 is 6.27. The number of halogens is 2. The lowest BCUT2D eigenvalue weighted by molar-refractivity contribution is 0.0135. The zero-order valence-corrected chi connectivity index (χ0v) is 17.3. The molecule has 2 atom stereocenters. The molecule has 0 saturated carbocycles. The summed E-state index contributed by atoms with van der Waals surface area (Å²) in [4.78, 5) is 13.6. The van der Waals surface area contributed by atoms with E-state index in [4.69, 9.17) is 10.00 Å². The molecule has 1 rings (SSSR count). The molecule has 0 aromatic heterocycles. The minimum Gasteiger partial charge on any atom is -0.444 e. The Hall–Kier alpha value is -0.370. The fourth-order valence-corrected chi connectivity index (χ4v) is 5.16. The van der Waals surface area contributed by atoms with Crippen molar-refractivity contribution in [3.05, 3.63) is 0 Å². The van der Waals surface area contributed by atoms with E-state index in [-0.39, 0.29) is 31.4 Å². The van der Waals surface area contributed by atoms with E-state index < -0.39 is 31.9 Å². The maximum atomic E-state index is 12.5. The van der Waals surface area contributed by atoms with Gasteiger partial charge >= 0.3 is 6.09 Å². The first-order chi connectivity index (χ1) is 10.5. The van der Waals surface area contributed by atoms with Gasteiger partial charge in [-0.3, -0.25) is 0 Å². The molecule has 0 aromatic rings. The molecular formula is C13H21Br2N3O4S. The van der Waals surface area contributed by atoms with Crippen molar-refractivity contribution in [2.24, 2.45) is 0 Å². The van der Waals surface area contributed by atoms with Crippen molar-refractivity contribution in [1.82, 2.24) is 9.21 Å². The van der Waals surface area contributed by atoms with E-state index >= 15 is 0 Å². The van der Waals surface area contributed by atoms with Crippen molar-refractivity contribution >= 4 is 48.0 Å². The minimum atomic E-state index is -3.59. The van der Waals surface area contributed by atoms with E-state index in [0.29, 0.717) is 0 Å². The van der Waals surface area contributed by atoms with Gasteiger partial charge in [-0.1, -0.05) is 31.9 Å². The van der Waals surface area contributed by atoms with Gasteiger partial charge in [0.05, 0.1) is 18.5 Å². The lowest BCUT2D eigenvalue weighted by atomic mass is 10.1. The molecule has 7 nitrogen and oxygen atoms in total. The molecule has 1 aliphatic rings.